The van der Waals surface area contributed by atoms with E-state index in [4.69, 9.17) is 19.6 Å². The maximum Gasteiger partial charge on any atom is 0.193 e. The van der Waals surface area contributed by atoms with Crippen molar-refractivity contribution >= 4 is 5.96 Å². The number of allylic oxidation sites excluding steroid dienone is 1. The summed E-state index contributed by atoms with van der Waals surface area (Å²) < 4.78 is 17.9. The van der Waals surface area contributed by atoms with Gasteiger partial charge in [0.15, 0.2) is 5.96 Å². The lowest BCUT2D eigenvalue weighted by molar-refractivity contribution is -0.0688. The average Bonchev–Trinajstić information content (AvgIpc) is 3.50. The van der Waals surface area contributed by atoms with Crippen LogP contribution in [0.2, 0.25) is 0 Å². The summed E-state index contributed by atoms with van der Waals surface area (Å²) in [4.78, 5) is 4.04. The van der Waals surface area contributed by atoms with E-state index >= 15 is 0 Å². The molecule has 6 nitrogen and oxygen atoms in total. The van der Waals surface area contributed by atoms with E-state index in [1.165, 1.54) is 64.2 Å². The van der Waals surface area contributed by atoms with Crippen molar-refractivity contribution in [3.05, 3.63) is 11.6 Å². The molecule has 0 bridgehead atoms. The highest BCUT2D eigenvalue weighted by Gasteiger charge is 2.59. The van der Waals surface area contributed by atoms with Crippen LogP contribution in [-0.4, -0.2) is 81.6 Å². The predicted octanol–water partition coefficient (Wildman–Crippen LogP) is 7.63. The summed E-state index contributed by atoms with van der Waals surface area (Å²) in [5.74, 6) is 5.98. The Morgan fingerprint density at radius 2 is 1.67 bits per heavy atom. The number of guanidine groups is 1. The first-order valence-electron chi connectivity index (χ1n) is 18.1. The van der Waals surface area contributed by atoms with E-state index in [-0.39, 0.29) is 0 Å². The molecule has 43 heavy (non-hydrogen) atoms. The van der Waals surface area contributed by atoms with Gasteiger partial charge in [-0.1, -0.05) is 65.5 Å². The van der Waals surface area contributed by atoms with Crippen LogP contribution in [0.3, 0.4) is 0 Å². The molecular formula is C37H65N3O3. The van der Waals surface area contributed by atoms with Crippen LogP contribution in [0.15, 0.2) is 11.6 Å². The molecule has 1 N–H and O–H groups in total. The number of rotatable bonds is 15. The van der Waals surface area contributed by atoms with E-state index in [0.29, 0.717) is 55.9 Å². The van der Waals surface area contributed by atoms with Gasteiger partial charge in [-0.2, -0.15) is 0 Å². The number of fused-ring (bicyclic) bond motifs is 5. The van der Waals surface area contributed by atoms with Gasteiger partial charge in [0, 0.05) is 26.7 Å². The summed E-state index contributed by atoms with van der Waals surface area (Å²) in [5.41, 5.74) is 2.68. The van der Waals surface area contributed by atoms with Crippen molar-refractivity contribution in [3.63, 3.8) is 0 Å². The molecule has 0 aromatic rings. The normalized spacial score (nSPS) is 36.5. The zero-order valence-corrected chi connectivity index (χ0v) is 28.7. The molecule has 1 saturated heterocycles. The predicted molar refractivity (Wildman–Crippen MR) is 176 cm³/mol. The second-order valence-corrected chi connectivity index (χ2v) is 16.0. The van der Waals surface area contributed by atoms with Crippen LogP contribution < -0.4 is 0 Å². The SMILES string of the molecule is CC(C)CCCC(C)C1CCC2C3CC=C4CC(OCCOCCOCCN5CCN(C)C5=N)CC[C@]4(C)C3CC[C@]12C. The minimum absolute atomic E-state index is 0.348. The number of nitrogens with zero attached hydrogens (tertiary/aromatic N) is 2. The second kappa shape index (κ2) is 14.5. The molecule has 8 atom stereocenters. The zero-order valence-electron chi connectivity index (χ0n) is 28.7. The highest BCUT2D eigenvalue weighted by atomic mass is 16.5. The van der Waals surface area contributed by atoms with E-state index in [1.807, 2.05) is 11.9 Å². The molecule has 4 fully saturated rings. The number of hydrogen-bond donors (Lipinski definition) is 1. The van der Waals surface area contributed by atoms with Crippen LogP contribution in [0.4, 0.5) is 0 Å². The molecule has 0 aromatic carbocycles. The first-order chi connectivity index (χ1) is 20.6. The molecule has 4 aliphatic carbocycles. The topological polar surface area (TPSA) is 58.0 Å². The van der Waals surface area contributed by atoms with Gasteiger partial charge in [-0.25, -0.2) is 0 Å². The Labute approximate surface area is 264 Å². The second-order valence-electron chi connectivity index (χ2n) is 16.0. The molecule has 6 unspecified atom stereocenters. The smallest absolute Gasteiger partial charge is 0.193 e. The van der Waals surface area contributed by atoms with Crippen LogP contribution in [-0.2, 0) is 14.2 Å². The van der Waals surface area contributed by atoms with Gasteiger partial charge in [-0.15, -0.1) is 0 Å². The van der Waals surface area contributed by atoms with Crippen LogP contribution in [0.5, 0.6) is 0 Å². The fourth-order valence-corrected chi connectivity index (χ4v) is 10.5. The first-order valence-corrected chi connectivity index (χ1v) is 18.1. The third kappa shape index (κ3) is 7.32. The Hall–Kier alpha value is -1.11. The fourth-order valence-electron chi connectivity index (χ4n) is 10.5. The fraction of sp³-hybridized carbons (Fsp3) is 0.919. The number of ether oxygens (including phenoxy) is 3. The summed E-state index contributed by atoms with van der Waals surface area (Å²) in [6, 6.07) is 0. The number of hydrogen-bond acceptors (Lipinski definition) is 4. The van der Waals surface area contributed by atoms with Crippen LogP contribution >= 0.6 is 0 Å². The monoisotopic (exact) mass is 600 g/mol. The number of likely N-dealkylation sites (N-methyl/N-ethyl adjacent to an activating group) is 1. The van der Waals surface area contributed by atoms with Gasteiger partial charge in [-0.05, 0) is 97.7 Å². The van der Waals surface area contributed by atoms with Crippen molar-refractivity contribution in [2.45, 2.75) is 111 Å². The molecule has 246 valence electrons. The Morgan fingerprint density at radius 1 is 0.907 bits per heavy atom. The summed E-state index contributed by atoms with van der Waals surface area (Å²) in [5, 5.41) is 8.02. The lowest BCUT2D eigenvalue weighted by atomic mass is 9.47. The maximum absolute atomic E-state index is 8.02. The van der Waals surface area contributed by atoms with Crippen molar-refractivity contribution < 1.29 is 14.2 Å². The summed E-state index contributed by atoms with van der Waals surface area (Å²) in [7, 11) is 1.97. The molecule has 3 saturated carbocycles. The highest BCUT2D eigenvalue weighted by molar-refractivity contribution is 5.78. The Bertz CT molecular complexity index is 953. The molecule has 5 rings (SSSR count). The quantitative estimate of drug-likeness (QED) is 0.155. The van der Waals surface area contributed by atoms with Gasteiger partial charge in [-0.3, -0.25) is 5.41 Å². The van der Waals surface area contributed by atoms with Gasteiger partial charge in [0.05, 0.1) is 39.1 Å². The van der Waals surface area contributed by atoms with Gasteiger partial charge in [0.25, 0.3) is 0 Å². The van der Waals surface area contributed by atoms with E-state index < -0.39 is 0 Å². The lowest BCUT2D eigenvalue weighted by Crippen LogP contribution is -2.51. The summed E-state index contributed by atoms with van der Waals surface area (Å²) >= 11 is 0. The molecule has 1 aliphatic heterocycles. The Kier molecular flexibility index (Phi) is 11.2. The van der Waals surface area contributed by atoms with Crippen molar-refractivity contribution in [3.8, 4) is 0 Å². The molecule has 0 spiro atoms. The Balaban J connectivity index is 1.02. The third-order valence-electron chi connectivity index (χ3n) is 13.1. The summed E-state index contributed by atoms with van der Waals surface area (Å²) in [6.45, 7) is 18.5. The van der Waals surface area contributed by atoms with Crippen molar-refractivity contribution in [1.82, 2.24) is 9.80 Å². The maximum atomic E-state index is 8.02. The number of nitrogens with one attached hydrogen (secondary N) is 1. The molecule has 0 amide bonds. The lowest BCUT2D eigenvalue weighted by Gasteiger charge is -2.58. The minimum atomic E-state index is 0.348. The van der Waals surface area contributed by atoms with E-state index in [9.17, 15) is 0 Å². The molecular weight excluding hydrogens is 534 g/mol. The minimum Gasteiger partial charge on any atom is -0.377 e. The largest absolute Gasteiger partial charge is 0.377 e. The molecule has 6 heteroatoms. The van der Waals surface area contributed by atoms with Crippen molar-refractivity contribution in [2.75, 3.05) is 59.7 Å². The van der Waals surface area contributed by atoms with Gasteiger partial charge in [0.1, 0.15) is 0 Å². The molecule has 0 radical (unpaired) electrons. The van der Waals surface area contributed by atoms with Crippen LogP contribution in [0, 0.1) is 51.7 Å². The van der Waals surface area contributed by atoms with Crippen LogP contribution in [0.1, 0.15) is 105 Å². The highest BCUT2D eigenvalue weighted by Crippen LogP contribution is 2.67. The van der Waals surface area contributed by atoms with Gasteiger partial charge < -0.3 is 24.0 Å². The zero-order chi connectivity index (χ0) is 30.6. The Morgan fingerprint density at radius 3 is 2.42 bits per heavy atom. The van der Waals surface area contributed by atoms with Gasteiger partial charge >= 0.3 is 0 Å². The third-order valence-corrected chi connectivity index (χ3v) is 13.1. The van der Waals surface area contributed by atoms with E-state index in [2.05, 4.69) is 45.6 Å². The van der Waals surface area contributed by atoms with Crippen LogP contribution in [0.25, 0.3) is 0 Å². The van der Waals surface area contributed by atoms with E-state index in [1.54, 1.807) is 5.57 Å². The average molecular weight is 600 g/mol. The molecule has 1 heterocycles. The standard InChI is InChI=1S/C37H65N3O3/c1-27(2)8-7-9-28(3)32-12-13-33-31-11-10-29-26-30(14-16-36(29,4)34(31)15-17-37(32,33)5)43-25-24-42-23-22-41-21-20-40-19-18-39(6)35(40)38/h10,27-28,30-34,38H,7-9,11-26H2,1-6H3/t28?,30?,31?,32?,33?,34?,36-,37+/m0/s1. The van der Waals surface area contributed by atoms with E-state index in [0.717, 1.165) is 61.6 Å². The first kappa shape index (κ1) is 33.3. The van der Waals surface area contributed by atoms with Crippen molar-refractivity contribution in [1.29, 1.82) is 5.41 Å². The summed E-state index contributed by atoms with van der Waals surface area (Å²) in [6.07, 6.45) is 18.1. The van der Waals surface area contributed by atoms with Crippen molar-refractivity contribution in [2.24, 2.45) is 46.3 Å². The van der Waals surface area contributed by atoms with Gasteiger partial charge in [0.2, 0.25) is 0 Å². The molecule has 5 aliphatic rings. The molecule has 0 aromatic heterocycles.